The molecule has 12 heteroatoms. The average Bonchev–Trinajstić information content (AvgIpc) is 3.23. The van der Waals surface area contributed by atoms with Gasteiger partial charge in [-0.05, 0) is 59.0 Å². The van der Waals surface area contributed by atoms with Crippen molar-refractivity contribution in [3.05, 3.63) is 70.8 Å². The standard InChI is InChI=1S/C24H22BrF2N5O3S/c25-17-13-29-32-22(11-20(30-24(17)32)16-6-1-2-9-21(16)33)28-12-15-5-4-10-31(14-15)36(34,35)23-18(26)7-3-8-19(23)27/h1-3,6-9,11,13,15,28,33H,4-5,10,12,14H2. The van der Waals surface area contributed by atoms with Crippen LogP contribution in [0.2, 0.25) is 0 Å². The third-order valence-electron chi connectivity index (χ3n) is 6.18. The molecule has 3 heterocycles. The number of benzene rings is 2. The Balaban J connectivity index is 1.39. The lowest BCUT2D eigenvalue weighted by molar-refractivity contribution is 0.273. The molecular formula is C24H22BrF2N5O3S. The van der Waals surface area contributed by atoms with Crippen molar-refractivity contribution in [3.8, 4) is 17.0 Å². The number of phenolic OH excluding ortho intramolecular Hbond substituents is 1. The smallest absolute Gasteiger partial charge is 0.248 e. The fraction of sp³-hybridized carbons (Fsp3) is 0.250. The summed E-state index contributed by atoms with van der Waals surface area (Å²) in [5.74, 6) is -1.63. The number of sulfonamides is 1. The van der Waals surface area contributed by atoms with Gasteiger partial charge in [-0.25, -0.2) is 22.2 Å². The van der Waals surface area contributed by atoms with E-state index < -0.39 is 26.6 Å². The van der Waals surface area contributed by atoms with Gasteiger partial charge in [-0.2, -0.15) is 13.9 Å². The summed E-state index contributed by atoms with van der Waals surface area (Å²) in [6, 6.07) is 11.6. The minimum atomic E-state index is -4.32. The van der Waals surface area contributed by atoms with Gasteiger partial charge in [-0.15, -0.1) is 0 Å². The summed E-state index contributed by atoms with van der Waals surface area (Å²) in [5.41, 5.74) is 1.63. The maximum atomic E-state index is 14.2. The molecule has 0 aliphatic carbocycles. The van der Waals surface area contributed by atoms with Crippen LogP contribution in [0.15, 0.2) is 64.1 Å². The fourth-order valence-corrected chi connectivity index (χ4v) is 6.42. The minimum Gasteiger partial charge on any atom is -0.507 e. The molecule has 0 radical (unpaired) electrons. The van der Waals surface area contributed by atoms with Crippen LogP contribution in [0.1, 0.15) is 12.8 Å². The Morgan fingerprint density at radius 3 is 2.64 bits per heavy atom. The Morgan fingerprint density at radius 1 is 1.14 bits per heavy atom. The Hall–Kier alpha value is -3.09. The van der Waals surface area contributed by atoms with Crippen molar-refractivity contribution in [2.24, 2.45) is 5.92 Å². The Morgan fingerprint density at radius 2 is 1.89 bits per heavy atom. The van der Waals surface area contributed by atoms with Crippen molar-refractivity contribution in [3.63, 3.8) is 0 Å². The second-order valence-electron chi connectivity index (χ2n) is 8.57. The summed E-state index contributed by atoms with van der Waals surface area (Å²) in [4.78, 5) is 3.70. The van der Waals surface area contributed by atoms with E-state index >= 15 is 0 Å². The first-order valence-electron chi connectivity index (χ1n) is 11.3. The van der Waals surface area contributed by atoms with E-state index in [2.05, 4.69) is 31.3 Å². The zero-order valence-electron chi connectivity index (χ0n) is 18.9. The lowest BCUT2D eigenvalue weighted by atomic mass is 10.00. The van der Waals surface area contributed by atoms with E-state index in [-0.39, 0.29) is 24.8 Å². The van der Waals surface area contributed by atoms with E-state index in [4.69, 9.17) is 0 Å². The molecule has 0 saturated carbocycles. The highest BCUT2D eigenvalue weighted by Gasteiger charge is 2.34. The molecule has 36 heavy (non-hydrogen) atoms. The molecular weight excluding hydrogens is 556 g/mol. The molecule has 1 unspecified atom stereocenters. The molecule has 1 fully saturated rings. The van der Waals surface area contributed by atoms with Gasteiger partial charge in [0.25, 0.3) is 0 Å². The Labute approximate surface area is 214 Å². The van der Waals surface area contributed by atoms with Crippen LogP contribution in [0.25, 0.3) is 16.9 Å². The van der Waals surface area contributed by atoms with Crippen molar-refractivity contribution in [1.82, 2.24) is 18.9 Å². The number of hydrogen-bond acceptors (Lipinski definition) is 6. The van der Waals surface area contributed by atoms with E-state index in [0.29, 0.717) is 40.2 Å². The van der Waals surface area contributed by atoms with E-state index in [0.717, 1.165) is 28.9 Å². The molecule has 0 spiro atoms. The molecule has 0 bridgehead atoms. The molecule has 5 rings (SSSR count). The number of nitrogens with one attached hydrogen (secondary N) is 1. The number of nitrogens with zero attached hydrogens (tertiary/aromatic N) is 4. The highest BCUT2D eigenvalue weighted by Crippen LogP contribution is 2.32. The van der Waals surface area contributed by atoms with E-state index in [1.54, 1.807) is 41.0 Å². The van der Waals surface area contributed by atoms with Gasteiger partial charge in [-0.3, -0.25) is 0 Å². The van der Waals surface area contributed by atoms with Crippen LogP contribution in [-0.4, -0.2) is 52.1 Å². The van der Waals surface area contributed by atoms with Crippen LogP contribution < -0.4 is 5.32 Å². The van der Waals surface area contributed by atoms with Crippen LogP contribution in [0.5, 0.6) is 5.75 Å². The molecule has 2 aromatic carbocycles. The number of aromatic hydroxyl groups is 1. The normalized spacial score (nSPS) is 16.9. The SMILES string of the molecule is O=S(=O)(c1c(F)cccc1F)N1CCCC(CNc2cc(-c3ccccc3O)nc3c(Br)cnn23)C1. The molecule has 2 N–H and O–H groups in total. The lowest BCUT2D eigenvalue weighted by Gasteiger charge is -2.32. The van der Waals surface area contributed by atoms with Crippen LogP contribution >= 0.6 is 15.9 Å². The summed E-state index contributed by atoms with van der Waals surface area (Å²) in [6.07, 6.45) is 2.91. The maximum Gasteiger partial charge on any atom is 0.248 e. The predicted molar refractivity (Wildman–Crippen MR) is 134 cm³/mol. The summed E-state index contributed by atoms with van der Waals surface area (Å²) in [5, 5.41) is 18.0. The van der Waals surface area contributed by atoms with Crippen LogP contribution in [0.3, 0.4) is 0 Å². The predicted octanol–water partition coefficient (Wildman–Crippen LogP) is 4.66. The second-order valence-corrected chi connectivity index (χ2v) is 11.3. The van der Waals surface area contributed by atoms with E-state index in [1.807, 2.05) is 0 Å². The zero-order valence-corrected chi connectivity index (χ0v) is 21.3. The number of rotatable bonds is 6. The summed E-state index contributed by atoms with van der Waals surface area (Å²) in [6.45, 7) is 0.699. The molecule has 8 nitrogen and oxygen atoms in total. The van der Waals surface area contributed by atoms with E-state index in [9.17, 15) is 22.3 Å². The first kappa shape index (κ1) is 24.6. The molecule has 0 amide bonds. The van der Waals surface area contributed by atoms with Gasteiger partial charge in [0.1, 0.15) is 23.2 Å². The van der Waals surface area contributed by atoms with Crippen LogP contribution in [-0.2, 0) is 10.0 Å². The largest absolute Gasteiger partial charge is 0.507 e. The fourth-order valence-electron chi connectivity index (χ4n) is 4.41. The molecule has 188 valence electrons. The van der Waals surface area contributed by atoms with Crippen molar-refractivity contribution >= 4 is 37.4 Å². The van der Waals surface area contributed by atoms with Crippen LogP contribution in [0, 0.1) is 17.6 Å². The van der Waals surface area contributed by atoms with Gasteiger partial charge in [0.15, 0.2) is 10.5 Å². The summed E-state index contributed by atoms with van der Waals surface area (Å²) < 4.78 is 58.0. The average molecular weight is 578 g/mol. The number of anilines is 1. The van der Waals surface area contributed by atoms with E-state index in [1.165, 1.54) is 0 Å². The number of phenols is 1. The van der Waals surface area contributed by atoms with Crippen molar-refractivity contribution in [2.75, 3.05) is 25.0 Å². The van der Waals surface area contributed by atoms with Crippen molar-refractivity contribution in [1.29, 1.82) is 0 Å². The Bertz CT molecular complexity index is 1530. The summed E-state index contributed by atoms with van der Waals surface area (Å²) >= 11 is 3.45. The minimum absolute atomic E-state index is 0.0874. The van der Waals surface area contributed by atoms with Gasteiger partial charge in [-0.1, -0.05) is 18.2 Å². The number of piperidine rings is 1. The van der Waals surface area contributed by atoms with Crippen molar-refractivity contribution in [2.45, 2.75) is 17.7 Å². The lowest BCUT2D eigenvalue weighted by Crippen LogP contribution is -2.42. The van der Waals surface area contributed by atoms with Gasteiger partial charge >= 0.3 is 0 Å². The Kier molecular flexibility index (Phi) is 6.66. The molecule has 2 aromatic heterocycles. The van der Waals surface area contributed by atoms with Crippen molar-refractivity contribution < 1.29 is 22.3 Å². The first-order chi connectivity index (χ1) is 17.3. The molecule has 1 aliphatic heterocycles. The monoisotopic (exact) mass is 577 g/mol. The molecule has 1 saturated heterocycles. The highest BCUT2D eigenvalue weighted by molar-refractivity contribution is 9.10. The third-order valence-corrected chi connectivity index (χ3v) is 8.66. The third kappa shape index (κ3) is 4.56. The maximum absolute atomic E-state index is 14.2. The highest BCUT2D eigenvalue weighted by atomic mass is 79.9. The van der Waals surface area contributed by atoms with Gasteiger partial charge in [0.05, 0.1) is 16.4 Å². The molecule has 1 atom stereocenters. The molecule has 4 aromatic rings. The van der Waals surface area contributed by atoms with Crippen LogP contribution in [0.4, 0.5) is 14.6 Å². The summed E-state index contributed by atoms with van der Waals surface area (Å²) in [7, 11) is -4.32. The zero-order chi connectivity index (χ0) is 25.4. The van der Waals surface area contributed by atoms with Gasteiger partial charge < -0.3 is 10.4 Å². The number of fused-ring (bicyclic) bond motifs is 1. The number of para-hydroxylation sites is 1. The first-order valence-corrected chi connectivity index (χ1v) is 13.5. The number of halogens is 3. The molecule has 1 aliphatic rings. The second kappa shape index (κ2) is 9.75. The van der Waals surface area contributed by atoms with Gasteiger partial charge in [0.2, 0.25) is 10.0 Å². The number of hydrogen-bond donors (Lipinski definition) is 2. The number of aromatic nitrogens is 3. The quantitative estimate of drug-likeness (QED) is 0.346. The van der Waals surface area contributed by atoms with Gasteiger partial charge in [0, 0.05) is 31.3 Å². The topological polar surface area (TPSA) is 99.8 Å².